The van der Waals surface area contributed by atoms with Crippen LogP contribution in [0.4, 0.5) is 0 Å². The average Bonchev–Trinajstić information content (AvgIpc) is 3.21. The molecule has 0 unspecified atom stereocenters. The average molecular weight is 332 g/mol. The zero-order chi connectivity index (χ0) is 15.1. The minimum Gasteiger partial charge on any atom is -0.347 e. The van der Waals surface area contributed by atoms with E-state index in [-0.39, 0.29) is 5.91 Å². The fourth-order valence-electron chi connectivity index (χ4n) is 3.79. The fourth-order valence-corrected chi connectivity index (χ4v) is 5.42. The largest absolute Gasteiger partial charge is 0.347 e. The second kappa shape index (κ2) is 5.80. The summed E-state index contributed by atoms with van der Waals surface area (Å²) in [6, 6.07) is 6.89. The second-order valence-electron chi connectivity index (χ2n) is 6.29. The monoisotopic (exact) mass is 332 g/mol. The Hall–Kier alpha value is -1.17. The molecule has 0 aliphatic carbocycles. The SMILES string of the molecule is C[C@H]1[C@H](NC(=O)c2ccc(-c3ccsc3)s2)C2CCN1CC2. The third kappa shape index (κ3) is 2.51. The van der Waals surface area contributed by atoms with Gasteiger partial charge in [-0.3, -0.25) is 9.69 Å². The molecule has 0 radical (unpaired) electrons. The van der Waals surface area contributed by atoms with Gasteiger partial charge in [-0.2, -0.15) is 11.3 Å². The number of nitrogens with zero attached hydrogens (tertiary/aromatic N) is 1. The summed E-state index contributed by atoms with van der Waals surface area (Å²) in [6.45, 7) is 4.64. The van der Waals surface area contributed by atoms with Crippen LogP contribution in [0, 0.1) is 5.92 Å². The lowest BCUT2D eigenvalue weighted by molar-refractivity contribution is 0.0218. The van der Waals surface area contributed by atoms with Gasteiger partial charge in [0.05, 0.1) is 4.88 Å². The number of rotatable bonds is 3. The highest BCUT2D eigenvalue weighted by molar-refractivity contribution is 7.17. The van der Waals surface area contributed by atoms with Crippen LogP contribution in [0.15, 0.2) is 29.0 Å². The van der Waals surface area contributed by atoms with E-state index in [2.05, 4.69) is 40.0 Å². The maximum Gasteiger partial charge on any atom is 0.261 e. The predicted molar refractivity (Wildman–Crippen MR) is 92.6 cm³/mol. The molecule has 2 bridgehead atoms. The molecule has 2 aromatic heterocycles. The van der Waals surface area contributed by atoms with Crippen molar-refractivity contribution in [3.05, 3.63) is 33.8 Å². The smallest absolute Gasteiger partial charge is 0.261 e. The standard InChI is InChI=1S/C17H20N2OS2/c1-11-16(12-4-7-19(11)8-5-12)18-17(20)15-3-2-14(22-15)13-6-9-21-10-13/h2-3,6,9-12,16H,4-5,7-8H2,1H3,(H,18,20)/t11-,16-/m0/s1. The summed E-state index contributed by atoms with van der Waals surface area (Å²) in [5.41, 5.74) is 1.21. The van der Waals surface area contributed by atoms with Gasteiger partial charge in [0.15, 0.2) is 0 Å². The summed E-state index contributed by atoms with van der Waals surface area (Å²) >= 11 is 3.28. The van der Waals surface area contributed by atoms with Crippen LogP contribution in [0.5, 0.6) is 0 Å². The number of carbonyl (C=O) groups excluding carboxylic acids is 1. The fraction of sp³-hybridized carbons (Fsp3) is 0.471. The van der Waals surface area contributed by atoms with Crippen LogP contribution in [-0.2, 0) is 0 Å². The molecule has 5 rings (SSSR count). The molecule has 3 saturated heterocycles. The van der Waals surface area contributed by atoms with Crippen LogP contribution in [0.2, 0.25) is 0 Å². The van der Waals surface area contributed by atoms with Crippen LogP contribution in [0.1, 0.15) is 29.4 Å². The number of hydrogen-bond donors (Lipinski definition) is 1. The molecule has 2 atom stereocenters. The van der Waals surface area contributed by atoms with Crippen molar-refractivity contribution in [2.75, 3.05) is 13.1 Å². The molecule has 3 aliphatic heterocycles. The number of nitrogens with one attached hydrogen (secondary N) is 1. The zero-order valence-electron chi connectivity index (χ0n) is 12.6. The summed E-state index contributed by atoms with van der Waals surface area (Å²) in [5, 5.41) is 7.51. The van der Waals surface area contributed by atoms with E-state index >= 15 is 0 Å². The summed E-state index contributed by atoms with van der Waals surface area (Å²) in [5.74, 6) is 0.748. The Morgan fingerprint density at radius 3 is 2.77 bits per heavy atom. The maximum absolute atomic E-state index is 12.6. The molecule has 0 spiro atoms. The Morgan fingerprint density at radius 2 is 2.09 bits per heavy atom. The van der Waals surface area contributed by atoms with E-state index in [1.165, 1.54) is 36.4 Å². The summed E-state index contributed by atoms with van der Waals surface area (Å²) < 4.78 is 0. The quantitative estimate of drug-likeness (QED) is 0.930. The molecule has 0 saturated carbocycles. The van der Waals surface area contributed by atoms with Crippen molar-refractivity contribution < 1.29 is 4.79 Å². The predicted octanol–water partition coefficient (Wildman–Crippen LogP) is 3.69. The Balaban J connectivity index is 1.48. The molecule has 116 valence electrons. The number of carbonyl (C=O) groups is 1. The lowest BCUT2D eigenvalue weighted by Gasteiger charge is -2.49. The molecular weight excluding hydrogens is 312 g/mol. The molecule has 3 aliphatic rings. The first kappa shape index (κ1) is 14.4. The first-order chi connectivity index (χ1) is 10.7. The minimum atomic E-state index is 0.0945. The van der Waals surface area contributed by atoms with Crippen LogP contribution in [0.25, 0.3) is 10.4 Å². The van der Waals surface area contributed by atoms with Gasteiger partial charge in [-0.15, -0.1) is 11.3 Å². The van der Waals surface area contributed by atoms with Gasteiger partial charge in [-0.05, 0) is 67.7 Å². The number of thiophene rings is 2. The lowest BCUT2D eigenvalue weighted by Crippen LogP contribution is -2.62. The Morgan fingerprint density at radius 1 is 1.27 bits per heavy atom. The summed E-state index contributed by atoms with van der Waals surface area (Å²) in [6.07, 6.45) is 2.44. The first-order valence-electron chi connectivity index (χ1n) is 7.89. The van der Waals surface area contributed by atoms with Crippen molar-refractivity contribution in [3.8, 4) is 10.4 Å². The molecule has 3 nitrogen and oxygen atoms in total. The van der Waals surface area contributed by atoms with Crippen LogP contribution in [0.3, 0.4) is 0 Å². The van der Waals surface area contributed by atoms with Gasteiger partial charge in [-0.1, -0.05) is 0 Å². The third-order valence-electron chi connectivity index (χ3n) is 5.11. The third-order valence-corrected chi connectivity index (χ3v) is 6.93. The van der Waals surface area contributed by atoms with Gasteiger partial charge in [-0.25, -0.2) is 0 Å². The van der Waals surface area contributed by atoms with E-state index in [0.29, 0.717) is 18.0 Å². The Bertz CT molecular complexity index is 654. The summed E-state index contributed by atoms with van der Waals surface area (Å²) in [4.78, 5) is 17.1. The lowest BCUT2D eigenvalue weighted by atomic mass is 9.79. The van der Waals surface area contributed by atoms with E-state index in [4.69, 9.17) is 0 Å². The van der Waals surface area contributed by atoms with E-state index in [0.717, 1.165) is 4.88 Å². The van der Waals surface area contributed by atoms with Crippen LogP contribution >= 0.6 is 22.7 Å². The molecule has 2 aromatic rings. The highest BCUT2D eigenvalue weighted by Crippen LogP contribution is 2.33. The van der Waals surface area contributed by atoms with E-state index in [9.17, 15) is 4.79 Å². The maximum atomic E-state index is 12.6. The molecule has 5 heterocycles. The van der Waals surface area contributed by atoms with Gasteiger partial charge >= 0.3 is 0 Å². The highest BCUT2D eigenvalue weighted by Gasteiger charge is 2.40. The molecule has 3 fully saturated rings. The van der Waals surface area contributed by atoms with E-state index < -0.39 is 0 Å². The van der Waals surface area contributed by atoms with Crippen LogP contribution < -0.4 is 5.32 Å². The van der Waals surface area contributed by atoms with Gasteiger partial charge < -0.3 is 5.32 Å². The van der Waals surface area contributed by atoms with Crippen molar-refractivity contribution in [3.63, 3.8) is 0 Å². The molecular formula is C17H20N2OS2. The Labute approximate surface area is 139 Å². The van der Waals surface area contributed by atoms with Crippen molar-refractivity contribution in [1.82, 2.24) is 10.2 Å². The number of amides is 1. The van der Waals surface area contributed by atoms with Gasteiger partial charge in [0.25, 0.3) is 5.91 Å². The summed E-state index contributed by atoms with van der Waals surface area (Å²) in [7, 11) is 0. The van der Waals surface area contributed by atoms with Gasteiger partial charge in [0.2, 0.25) is 0 Å². The van der Waals surface area contributed by atoms with Crippen molar-refractivity contribution in [2.24, 2.45) is 5.92 Å². The zero-order valence-corrected chi connectivity index (χ0v) is 14.3. The van der Waals surface area contributed by atoms with E-state index in [1.807, 2.05) is 6.07 Å². The van der Waals surface area contributed by atoms with E-state index in [1.54, 1.807) is 22.7 Å². The first-order valence-corrected chi connectivity index (χ1v) is 9.65. The number of hydrogen-bond acceptors (Lipinski definition) is 4. The molecule has 22 heavy (non-hydrogen) atoms. The highest BCUT2D eigenvalue weighted by atomic mass is 32.1. The molecule has 5 heteroatoms. The van der Waals surface area contributed by atoms with Crippen molar-refractivity contribution in [1.29, 1.82) is 0 Å². The van der Waals surface area contributed by atoms with Crippen molar-refractivity contribution in [2.45, 2.75) is 31.8 Å². The molecule has 0 aromatic carbocycles. The Kier molecular flexibility index (Phi) is 3.80. The number of fused-ring (bicyclic) bond motifs is 3. The minimum absolute atomic E-state index is 0.0945. The molecule has 1 amide bonds. The van der Waals surface area contributed by atoms with Gasteiger partial charge in [0.1, 0.15) is 0 Å². The van der Waals surface area contributed by atoms with Gasteiger partial charge in [0, 0.05) is 22.5 Å². The topological polar surface area (TPSA) is 32.3 Å². The van der Waals surface area contributed by atoms with Crippen LogP contribution in [-0.4, -0.2) is 36.0 Å². The number of piperidine rings is 3. The molecule has 1 N–H and O–H groups in total. The normalized spacial score (nSPS) is 30.4. The second-order valence-corrected chi connectivity index (χ2v) is 8.15. The van der Waals surface area contributed by atoms with Crippen molar-refractivity contribution >= 4 is 28.6 Å².